The quantitative estimate of drug-likeness (QED) is 0.344. The van der Waals surface area contributed by atoms with Crippen LogP contribution in [0, 0.1) is 0 Å². The van der Waals surface area contributed by atoms with Crippen LogP contribution in [0.4, 0.5) is 0 Å². The Bertz CT molecular complexity index is 649. The standard InChI is InChI=1S/C22H30O8/c1-15(2)21(25)29-13-19(23)11-27-9-17-5-7-18(8-6-17)10-28-12-20(24)14-30-22(26)16(3)4/h5-8,19-20,23-24H,1,3,9-14H2,2,4H3. The summed E-state index contributed by atoms with van der Waals surface area (Å²) in [4.78, 5) is 22.5. The molecule has 0 spiro atoms. The minimum absolute atomic E-state index is 0.0299. The fourth-order valence-corrected chi connectivity index (χ4v) is 2.04. The van der Waals surface area contributed by atoms with E-state index in [1.54, 1.807) is 0 Å². The minimum Gasteiger partial charge on any atom is -0.460 e. The van der Waals surface area contributed by atoms with Crippen molar-refractivity contribution in [3.05, 3.63) is 59.7 Å². The van der Waals surface area contributed by atoms with Gasteiger partial charge in [-0.05, 0) is 25.0 Å². The van der Waals surface area contributed by atoms with Crippen molar-refractivity contribution in [3.8, 4) is 0 Å². The van der Waals surface area contributed by atoms with Crippen molar-refractivity contribution in [1.29, 1.82) is 0 Å². The number of aliphatic hydroxyl groups excluding tert-OH is 2. The summed E-state index contributed by atoms with van der Waals surface area (Å²) < 4.78 is 20.5. The maximum atomic E-state index is 11.2. The van der Waals surface area contributed by atoms with E-state index in [0.717, 1.165) is 11.1 Å². The molecule has 2 N–H and O–H groups in total. The molecule has 0 saturated carbocycles. The molecule has 0 fully saturated rings. The van der Waals surface area contributed by atoms with Gasteiger partial charge in [0, 0.05) is 11.1 Å². The van der Waals surface area contributed by atoms with Crippen LogP contribution in [0.15, 0.2) is 48.6 Å². The van der Waals surface area contributed by atoms with Gasteiger partial charge in [-0.25, -0.2) is 9.59 Å². The Hall–Kier alpha value is -2.52. The van der Waals surface area contributed by atoms with Gasteiger partial charge in [-0.1, -0.05) is 37.4 Å². The van der Waals surface area contributed by atoms with Crippen molar-refractivity contribution in [2.24, 2.45) is 0 Å². The SMILES string of the molecule is C=C(C)C(=O)OCC(O)COCc1ccc(COCC(O)COC(=O)C(=C)C)cc1. The van der Waals surface area contributed by atoms with E-state index in [2.05, 4.69) is 13.2 Å². The van der Waals surface area contributed by atoms with Crippen LogP contribution >= 0.6 is 0 Å². The number of carbonyl (C=O) groups excluding carboxylic acids is 2. The van der Waals surface area contributed by atoms with Gasteiger partial charge in [0.2, 0.25) is 0 Å². The molecule has 2 unspecified atom stereocenters. The number of benzene rings is 1. The first-order valence-electron chi connectivity index (χ1n) is 9.43. The lowest BCUT2D eigenvalue weighted by Crippen LogP contribution is -2.24. The Morgan fingerprint density at radius 2 is 1.10 bits per heavy atom. The van der Waals surface area contributed by atoms with Crippen LogP contribution in [0.3, 0.4) is 0 Å². The summed E-state index contributed by atoms with van der Waals surface area (Å²) in [5.74, 6) is -1.10. The molecule has 0 heterocycles. The lowest BCUT2D eigenvalue weighted by Gasteiger charge is -2.13. The number of hydrogen-bond donors (Lipinski definition) is 2. The van der Waals surface area contributed by atoms with E-state index in [0.29, 0.717) is 13.2 Å². The molecule has 0 aliphatic heterocycles. The average Bonchev–Trinajstić information content (AvgIpc) is 2.71. The van der Waals surface area contributed by atoms with Crippen molar-refractivity contribution < 1.29 is 38.7 Å². The lowest BCUT2D eigenvalue weighted by molar-refractivity contribution is -0.143. The number of carbonyl (C=O) groups is 2. The molecule has 0 bridgehead atoms. The number of ether oxygens (including phenoxy) is 4. The molecule has 0 aliphatic rings. The molecule has 0 aromatic heterocycles. The molecule has 30 heavy (non-hydrogen) atoms. The van der Waals surface area contributed by atoms with E-state index < -0.39 is 24.1 Å². The van der Waals surface area contributed by atoms with Gasteiger partial charge >= 0.3 is 11.9 Å². The highest BCUT2D eigenvalue weighted by atomic mass is 16.6. The van der Waals surface area contributed by atoms with Gasteiger partial charge in [0.25, 0.3) is 0 Å². The molecule has 0 amide bonds. The topological polar surface area (TPSA) is 112 Å². The van der Waals surface area contributed by atoms with Crippen LogP contribution in [-0.4, -0.2) is 60.8 Å². The smallest absolute Gasteiger partial charge is 0.333 e. The molecular weight excluding hydrogens is 392 g/mol. The fraction of sp³-hybridized carbons (Fsp3) is 0.455. The van der Waals surface area contributed by atoms with Crippen molar-refractivity contribution >= 4 is 11.9 Å². The summed E-state index contributed by atoms with van der Waals surface area (Å²) in [6.45, 7) is 10.3. The van der Waals surface area contributed by atoms with Gasteiger partial charge in [0.15, 0.2) is 0 Å². The van der Waals surface area contributed by atoms with Crippen molar-refractivity contribution in [2.45, 2.75) is 39.3 Å². The molecule has 2 atom stereocenters. The molecule has 1 rings (SSSR count). The number of hydrogen-bond acceptors (Lipinski definition) is 8. The summed E-state index contributed by atoms with van der Waals surface area (Å²) in [5.41, 5.74) is 2.34. The third kappa shape index (κ3) is 10.9. The second kappa shape index (κ2) is 13.7. The largest absolute Gasteiger partial charge is 0.460 e. The van der Waals surface area contributed by atoms with Crippen molar-refractivity contribution in [3.63, 3.8) is 0 Å². The monoisotopic (exact) mass is 422 g/mol. The molecule has 0 radical (unpaired) electrons. The minimum atomic E-state index is -0.915. The summed E-state index contributed by atoms with van der Waals surface area (Å²) in [6.07, 6.45) is -1.83. The van der Waals surface area contributed by atoms with Gasteiger partial charge in [0.05, 0.1) is 26.4 Å². The van der Waals surface area contributed by atoms with E-state index >= 15 is 0 Å². The Morgan fingerprint density at radius 3 is 1.40 bits per heavy atom. The summed E-state index contributed by atoms with van der Waals surface area (Å²) in [5, 5.41) is 19.5. The highest BCUT2D eigenvalue weighted by molar-refractivity contribution is 5.87. The van der Waals surface area contributed by atoms with Gasteiger partial charge in [-0.15, -0.1) is 0 Å². The van der Waals surface area contributed by atoms with E-state index in [4.69, 9.17) is 18.9 Å². The van der Waals surface area contributed by atoms with Crippen molar-refractivity contribution in [2.75, 3.05) is 26.4 Å². The van der Waals surface area contributed by atoms with Gasteiger partial charge in [0.1, 0.15) is 25.4 Å². The van der Waals surface area contributed by atoms with Crippen LogP contribution in [0.2, 0.25) is 0 Å². The summed E-state index contributed by atoms with van der Waals surface area (Å²) in [7, 11) is 0. The predicted molar refractivity (Wildman–Crippen MR) is 109 cm³/mol. The number of esters is 2. The molecule has 1 aromatic carbocycles. The van der Waals surface area contributed by atoms with Gasteiger partial charge < -0.3 is 29.2 Å². The second-order valence-electron chi connectivity index (χ2n) is 6.91. The predicted octanol–water partition coefficient (Wildman–Crippen LogP) is 1.68. The Kier molecular flexibility index (Phi) is 11.6. The van der Waals surface area contributed by atoms with E-state index in [1.807, 2.05) is 24.3 Å². The van der Waals surface area contributed by atoms with E-state index in [-0.39, 0.29) is 37.6 Å². The molecular formula is C22H30O8. The first-order chi connectivity index (χ1) is 14.2. The maximum absolute atomic E-state index is 11.2. The van der Waals surface area contributed by atoms with Crippen LogP contribution in [0.25, 0.3) is 0 Å². The normalized spacial score (nSPS) is 12.7. The third-order valence-electron chi connectivity index (χ3n) is 3.69. The molecule has 8 heteroatoms. The highest BCUT2D eigenvalue weighted by Gasteiger charge is 2.11. The van der Waals surface area contributed by atoms with Crippen LogP contribution in [0.5, 0.6) is 0 Å². The Balaban J connectivity index is 2.22. The first kappa shape index (κ1) is 25.5. The Morgan fingerprint density at radius 1 is 0.767 bits per heavy atom. The Labute approximate surface area is 176 Å². The lowest BCUT2D eigenvalue weighted by atomic mass is 10.1. The fourth-order valence-electron chi connectivity index (χ4n) is 2.04. The molecule has 0 saturated heterocycles. The number of rotatable bonds is 14. The summed E-state index contributed by atoms with van der Waals surface area (Å²) in [6, 6.07) is 7.43. The van der Waals surface area contributed by atoms with Crippen LogP contribution in [0.1, 0.15) is 25.0 Å². The zero-order chi connectivity index (χ0) is 22.5. The van der Waals surface area contributed by atoms with Crippen LogP contribution in [-0.2, 0) is 41.8 Å². The van der Waals surface area contributed by atoms with E-state index in [1.165, 1.54) is 13.8 Å². The molecule has 1 aromatic rings. The van der Waals surface area contributed by atoms with Gasteiger partial charge in [-0.2, -0.15) is 0 Å². The average molecular weight is 422 g/mol. The number of aliphatic hydroxyl groups is 2. The third-order valence-corrected chi connectivity index (χ3v) is 3.69. The van der Waals surface area contributed by atoms with E-state index in [9.17, 15) is 19.8 Å². The maximum Gasteiger partial charge on any atom is 0.333 e. The molecule has 166 valence electrons. The van der Waals surface area contributed by atoms with Gasteiger partial charge in [-0.3, -0.25) is 0 Å². The zero-order valence-corrected chi connectivity index (χ0v) is 17.5. The summed E-state index contributed by atoms with van der Waals surface area (Å²) >= 11 is 0. The van der Waals surface area contributed by atoms with Crippen molar-refractivity contribution in [1.82, 2.24) is 0 Å². The zero-order valence-electron chi connectivity index (χ0n) is 17.5. The highest BCUT2D eigenvalue weighted by Crippen LogP contribution is 2.08. The first-order valence-corrected chi connectivity index (χ1v) is 9.43. The second-order valence-corrected chi connectivity index (χ2v) is 6.91. The molecule has 8 nitrogen and oxygen atoms in total. The molecule has 0 aliphatic carbocycles. The van der Waals surface area contributed by atoms with Crippen LogP contribution < -0.4 is 0 Å².